The van der Waals surface area contributed by atoms with Crippen molar-refractivity contribution in [3.8, 4) is 6.07 Å². The van der Waals surface area contributed by atoms with Crippen molar-refractivity contribution in [2.75, 3.05) is 13.1 Å². The number of aldehydes is 1. The minimum absolute atomic E-state index is 0.409. The molecule has 0 saturated carbocycles. The first-order chi connectivity index (χ1) is 8.17. The molecule has 1 saturated heterocycles. The number of hydrogen-bond donors (Lipinski definition) is 0. The second-order valence-electron chi connectivity index (χ2n) is 5.17. The summed E-state index contributed by atoms with van der Waals surface area (Å²) in [6.07, 6.45) is 6.42. The second kappa shape index (κ2) is 7.80. The molecule has 0 radical (unpaired) electrons. The zero-order valence-electron chi connectivity index (χ0n) is 10.6. The molecule has 3 atom stereocenters. The largest absolute Gasteiger partial charge is 0.302 e. The van der Waals surface area contributed by atoms with Crippen molar-refractivity contribution >= 4 is 15.7 Å². The maximum Gasteiger partial charge on any atom is 0.137 e. The number of hydrogen-bond acceptors (Lipinski definition) is 3. The summed E-state index contributed by atoms with van der Waals surface area (Å²) in [6, 6.07) is 2.08. The Kier molecular flexibility index (Phi) is 6.70. The van der Waals surface area contributed by atoms with E-state index in [1.54, 1.807) is 0 Å². The molecule has 1 rings (SSSR count). The third-order valence-corrected chi connectivity index (χ3v) is 4.32. The molecule has 0 N–H and O–H groups in total. The third-order valence-electron chi connectivity index (χ3n) is 3.80. The first-order valence-electron chi connectivity index (χ1n) is 6.52. The Bertz CT molecular complexity index is 267. The van der Waals surface area contributed by atoms with Crippen LogP contribution in [0.25, 0.3) is 0 Å². The highest BCUT2D eigenvalue weighted by Gasteiger charge is 2.22. The molecule has 1 aliphatic rings. The molecule has 1 fully saturated rings. The molecule has 0 bridgehead atoms. The van der Waals surface area contributed by atoms with E-state index in [4.69, 9.17) is 5.26 Å². The molecule has 17 heavy (non-hydrogen) atoms. The van der Waals surface area contributed by atoms with E-state index in [1.807, 2.05) is 0 Å². The zero-order valence-corrected chi connectivity index (χ0v) is 11.8. The van der Waals surface area contributed by atoms with Gasteiger partial charge in [-0.25, -0.2) is 0 Å². The monoisotopic (exact) mass is 254 g/mol. The van der Waals surface area contributed by atoms with Gasteiger partial charge in [-0.15, -0.1) is 0 Å². The van der Waals surface area contributed by atoms with Crippen LogP contribution in [0.15, 0.2) is 0 Å². The van der Waals surface area contributed by atoms with Gasteiger partial charge in [-0.2, -0.15) is 5.26 Å². The molecule has 0 aromatic carbocycles. The standard InChI is InChI=1S/C13H23N2OP/c1-11(8-12(9-14)10-16)13-4-2-6-15(17)7-3-5-13/h10-13H,2-8,17H2,1H3. The van der Waals surface area contributed by atoms with Gasteiger partial charge in [0, 0.05) is 13.1 Å². The molecule has 1 aliphatic heterocycles. The van der Waals surface area contributed by atoms with Crippen LogP contribution in [0.1, 0.15) is 39.0 Å². The van der Waals surface area contributed by atoms with Crippen LogP contribution in [0, 0.1) is 29.1 Å². The Balaban J connectivity index is 2.42. The number of carbonyl (C=O) groups is 1. The average molecular weight is 254 g/mol. The summed E-state index contributed by atoms with van der Waals surface area (Å²) in [4.78, 5) is 10.7. The van der Waals surface area contributed by atoms with E-state index >= 15 is 0 Å². The van der Waals surface area contributed by atoms with Crippen LogP contribution in [0.3, 0.4) is 0 Å². The van der Waals surface area contributed by atoms with Gasteiger partial charge in [0.25, 0.3) is 0 Å². The molecular weight excluding hydrogens is 231 g/mol. The lowest BCUT2D eigenvalue weighted by Gasteiger charge is -2.29. The normalized spacial score (nSPS) is 23.1. The fourth-order valence-electron chi connectivity index (χ4n) is 2.67. The summed E-state index contributed by atoms with van der Waals surface area (Å²) < 4.78 is 2.31. The first kappa shape index (κ1) is 14.6. The van der Waals surface area contributed by atoms with Crippen molar-refractivity contribution < 1.29 is 4.79 Å². The minimum atomic E-state index is -0.409. The van der Waals surface area contributed by atoms with Crippen LogP contribution in [0.4, 0.5) is 0 Å². The van der Waals surface area contributed by atoms with Gasteiger partial charge < -0.3 is 4.79 Å². The van der Waals surface area contributed by atoms with Crippen molar-refractivity contribution in [3.05, 3.63) is 0 Å². The van der Waals surface area contributed by atoms with Crippen molar-refractivity contribution in [3.63, 3.8) is 0 Å². The van der Waals surface area contributed by atoms with Crippen molar-refractivity contribution in [1.82, 2.24) is 4.67 Å². The molecular formula is C13H23N2OP. The van der Waals surface area contributed by atoms with E-state index in [1.165, 1.54) is 25.7 Å². The lowest BCUT2D eigenvalue weighted by Crippen LogP contribution is -2.23. The van der Waals surface area contributed by atoms with Gasteiger partial charge in [0.1, 0.15) is 12.2 Å². The molecule has 4 heteroatoms. The number of rotatable bonds is 4. The van der Waals surface area contributed by atoms with Crippen LogP contribution < -0.4 is 0 Å². The minimum Gasteiger partial charge on any atom is -0.302 e. The van der Waals surface area contributed by atoms with Crippen molar-refractivity contribution in [2.45, 2.75) is 39.0 Å². The van der Waals surface area contributed by atoms with Crippen LogP contribution in [0.2, 0.25) is 0 Å². The molecule has 0 aromatic rings. The smallest absolute Gasteiger partial charge is 0.137 e. The summed E-state index contributed by atoms with van der Waals surface area (Å²) in [5.41, 5.74) is 0. The van der Waals surface area contributed by atoms with Crippen molar-refractivity contribution in [1.29, 1.82) is 5.26 Å². The summed E-state index contributed by atoms with van der Waals surface area (Å²) in [6.45, 7) is 4.48. The topological polar surface area (TPSA) is 44.1 Å². The Morgan fingerprint density at radius 2 is 2.06 bits per heavy atom. The quantitative estimate of drug-likeness (QED) is 0.572. The van der Waals surface area contributed by atoms with Gasteiger partial charge in [0.15, 0.2) is 0 Å². The molecule has 0 aliphatic carbocycles. The molecule has 0 spiro atoms. The van der Waals surface area contributed by atoms with Gasteiger partial charge >= 0.3 is 0 Å². The Morgan fingerprint density at radius 3 is 2.53 bits per heavy atom. The average Bonchev–Trinajstić information content (AvgIpc) is 2.30. The van der Waals surface area contributed by atoms with E-state index in [-0.39, 0.29) is 0 Å². The molecule has 3 nitrogen and oxygen atoms in total. The number of carbonyl (C=O) groups excluding carboxylic acids is 1. The van der Waals surface area contributed by atoms with Gasteiger partial charge in [-0.05, 0) is 43.9 Å². The predicted octanol–water partition coefficient (Wildman–Crippen LogP) is 2.63. The van der Waals surface area contributed by atoms with Crippen LogP contribution in [-0.4, -0.2) is 24.0 Å². The fraction of sp³-hybridized carbons (Fsp3) is 0.846. The summed E-state index contributed by atoms with van der Waals surface area (Å²) in [5, 5.41) is 8.82. The zero-order chi connectivity index (χ0) is 12.7. The van der Waals surface area contributed by atoms with Crippen molar-refractivity contribution in [2.24, 2.45) is 17.8 Å². The lowest BCUT2D eigenvalue weighted by molar-refractivity contribution is -0.110. The van der Waals surface area contributed by atoms with E-state index in [0.29, 0.717) is 11.8 Å². The third kappa shape index (κ3) is 5.15. The maximum absolute atomic E-state index is 10.7. The van der Waals surface area contributed by atoms with Gasteiger partial charge in [-0.3, -0.25) is 4.67 Å². The molecule has 3 unspecified atom stereocenters. The predicted molar refractivity (Wildman–Crippen MR) is 72.2 cm³/mol. The highest BCUT2D eigenvalue weighted by Crippen LogP contribution is 2.29. The molecule has 0 amide bonds. The summed E-state index contributed by atoms with van der Waals surface area (Å²) in [5.74, 6) is 0.763. The molecule has 96 valence electrons. The molecule has 0 aromatic heterocycles. The van der Waals surface area contributed by atoms with Gasteiger partial charge in [0.2, 0.25) is 0 Å². The molecule has 1 heterocycles. The number of nitriles is 1. The number of nitrogens with zero attached hydrogens (tertiary/aromatic N) is 2. The Morgan fingerprint density at radius 1 is 1.47 bits per heavy atom. The second-order valence-corrected chi connectivity index (χ2v) is 5.90. The van der Waals surface area contributed by atoms with E-state index in [2.05, 4.69) is 27.1 Å². The summed E-state index contributed by atoms with van der Waals surface area (Å²) in [7, 11) is 2.78. The van der Waals surface area contributed by atoms with Gasteiger partial charge in [-0.1, -0.05) is 16.3 Å². The lowest BCUT2D eigenvalue weighted by atomic mass is 9.80. The van der Waals surface area contributed by atoms with Crippen LogP contribution in [0.5, 0.6) is 0 Å². The van der Waals surface area contributed by atoms with Crippen LogP contribution >= 0.6 is 9.39 Å². The van der Waals surface area contributed by atoms with E-state index < -0.39 is 5.92 Å². The highest BCUT2D eigenvalue weighted by molar-refractivity contribution is 7.13. The highest BCUT2D eigenvalue weighted by atomic mass is 31.0. The first-order valence-corrected chi connectivity index (χ1v) is 7.03. The van der Waals surface area contributed by atoms with E-state index in [9.17, 15) is 4.79 Å². The Hall–Kier alpha value is -0.450. The Labute approximate surface area is 107 Å². The van der Waals surface area contributed by atoms with E-state index in [0.717, 1.165) is 25.8 Å². The van der Waals surface area contributed by atoms with Crippen LogP contribution in [-0.2, 0) is 4.79 Å². The van der Waals surface area contributed by atoms with Gasteiger partial charge in [0.05, 0.1) is 6.07 Å². The maximum atomic E-state index is 10.7. The SMILES string of the molecule is CC(CC(C#N)C=O)C1CCCN(P)CCC1. The summed E-state index contributed by atoms with van der Waals surface area (Å²) >= 11 is 0. The fourth-order valence-corrected chi connectivity index (χ4v) is 3.04.